The van der Waals surface area contributed by atoms with Gasteiger partial charge in [-0.15, -0.1) is 11.3 Å². The lowest BCUT2D eigenvalue weighted by atomic mass is 10.1. The summed E-state index contributed by atoms with van der Waals surface area (Å²) in [7, 11) is 0. The fourth-order valence-electron chi connectivity index (χ4n) is 3.24. The van der Waals surface area contributed by atoms with E-state index in [2.05, 4.69) is 28.5 Å². The van der Waals surface area contributed by atoms with Gasteiger partial charge in [-0.3, -0.25) is 4.68 Å². The van der Waals surface area contributed by atoms with Crippen LogP contribution in [-0.2, 0) is 6.54 Å². The largest absolute Gasteiger partial charge is 0.271 e. The summed E-state index contributed by atoms with van der Waals surface area (Å²) in [6, 6.07) is 6.51. The van der Waals surface area contributed by atoms with Gasteiger partial charge in [0.15, 0.2) is 0 Å². The van der Waals surface area contributed by atoms with E-state index in [4.69, 9.17) is 5.10 Å². The van der Waals surface area contributed by atoms with E-state index in [0.717, 1.165) is 50.8 Å². The van der Waals surface area contributed by atoms with E-state index >= 15 is 0 Å². The second kappa shape index (κ2) is 5.99. The molecule has 0 bridgehead atoms. The topological polar surface area (TPSA) is 43.6 Å². The molecule has 0 saturated heterocycles. The van der Waals surface area contributed by atoms with Crippen LogP contribution in [0.3, 0.4) is 0 Å². The number of hydrogen-bond acceptors (Lipinski definition) is 4. The van der Waals surface area contributed by atoms with Crippen LogP contribution in [-0.4, -0.2) is 19.7 Å². The molecule has 26 heavy (non-hydrogen) atoms. The molecule has 1 saturated carbocycles. The first-order chi connectivity index (χ1) is 12.7. The maximum absolute atomic E-state index is 13.4. The van der Waals surface area contributed by atoms with Crippen molar-refractivity contribution in [2.45, 2.75) is 26.3 Å². The van der Waals surface area contributed by atoms with Crippen molar-refractivity contribution in [2.24, 2.45) is 5.92 Å². The molecule has 6 heteroatoms. The average molecular weight is 364 g/mol. The molecule has 1 aromatic carbocycles. The first-order valence-electron chi connectivity index (χ1n) is 8.71. The minimum Gasteiger partial charge on any atom is -0.271 e. The van der Waals surface area contributed by atoms with Crippen molar-refractivity contribution in [3.05, 3.63) is 53.6 Å². The highest BCUT2D eigenvalue weighted by Gasteiger charge is 2.24. The van der Waals surface area contributed by atoms with Crippen LogP contribution >= 0.6 is 11.3 Å². The van der Waals surface area contributed by atoms with Gasteiger partial charge in [0.25, 0.3) is 0 Å². The third kappa shape index (κ3) is 2.70. The lowest BCUT2D eigenvalue weighted by Crippen LogP contribution is -1.99. The lowest BCUT2D eigenvalue weighted by molar-refractivity contribution is 0.565. The number of rotatable bonds is 4. The van der Waals surface area contributed by atoms with Gasteiger partial charge in [0.2, 0.25) is 0 Å². The van der Waals surface area contributed by atoms with Gasteiger partial charge in [0, 0.05) is 23.9 Å². The third-order valence-electron chi connectivity index (χ3n) is 4.81. The number of fused-ring (bicyclic) bond motifs is 1. The van der Waals surface area contributed by atoms with E-state index in [0.29, 0.717) is 0 Å². The van der Waals surface area contributed by atoms with Crippen LogP contribution in [0.5, 0.6) is 0 Å². The van der Waals surface area contributed by atoms with Crippen LogP contribution in [0.1, 0.15) is 18.4 Å². The van der Waals surface area contributed by atoms with Gasteiger partial charge in [-0.1, -0.05) is 0 Å². The van der Waals surface area contributed by atoms with E-state index in [1.54, 1.807) is 29.8 Å². The van der Waals surface area contributed by atoms with E-state index in [-0.39, 0.29) is 5.82 Å². The van der Waals surface area contributed by atoms with Gasteiger partial charge >= 0.3 is 0 Å². The summed E-state index contributed by atoms with van der Waals surface area (Å²) < 4.78 is 16.5. The zero-order chi connectivity index (χ0) is 17.7. The van der Waals surface area contributed by atoms with Crippen molar-refractivity contribution in [2.75, 3.05) is 0 Å². The standard InChI is InChI=1S/C20H17FN4S/c1-12-10-26-20-17(12)22-11-23-19(20)16-9-25(8-13-2-3-13)24-18(16)14-4-6-15(21)7-5-14/h4-7,9-11,13H,2-3,8H2,1H3. The third-order valence-corrected chi connectivity index (χ3v) is 5.90. The second-order valence-electron chi connectivity index (χ2n) is 6.88. The predicted molar refractivity (Wildman–Crippen MR) is 101 cm³/mol. The molecule has 4 aromatic rings. The van der Waals surface area contributed by atoms with Gasteiger partial charge in [0.05, 0.1) is 15.9 Å². The minimum absolute atomic E-state index is 0.244. The molecule has 3 heterocycles. The lowest BCUT2D eigenvalue weighted by Gasteiger charge is -2.03. The van der Waals surface area contributed by atoms with Crippen LogP contribution in [0, 0.1) is 18.7 Å². The van der Waals surface area contributed by atoms with Gasteiger partial charge < -0.3 is 0 Å². The Morgan fingerprint density at radius 3 is 2.73 bits per heavy atom. The van der Waals surface area contributed by atoms with Gasteiger partial charge in [-0.25, -0.2) is 14.4 Å². The molecule has 1 fully saturated rings. The first kappa shape index (κ1) is 15.6. The number of aryl methyl sites for hydroxylation is 1. The summed E-state index contributed by atoms with van der Waals surface area (Å²) in [6.07, 6.45) is 6.23. The number of aromatic nitrogens is 4. The molecular formula is C20H17FN4S. The zero-order valence-corrected chi connectivity index (χ0v) is 15.1. The van der Waals surface area contributed by atoms with E-state index in [9.17, 15) is 4.39 Å². The summed E-state index contributed by atoms with van der Waals surface area (Å²) in [6.45, 7) is 2.99. The summed E-state index contributed by atoms with van der Waals surface area (Å²) in [5.41, 5.74) is 5.76. The molecular weight excluding hydrogens is 347 g/mol. The zero-order valence-electron chi connectivity index (χ0n) is 14.3. The summed E-state index contributed by atoms with van der Waals surface area (Å²) in [5, 5.41) is 6.92. The van der Waals surface area contributed by atoms with Crippen LogP contribution in [0.25, 0.3) is 32.7 Å². The second-order valence-corrected chi connectivity index (χ2v) is 7.76. The molecule has 0 N–H and O–H groups in total. The van der Waals surface area contributed by atoms with Crippen LogP contribution in [0.15, 0.2) is 42.2 Å². The average Bonchev–Trinajstić information content (AvgIpc) is 3.24. The molecule has 4 nitrogen and oxygen atoms in total. The monoisotopic (exact) mass is 364 g/mol. The van der Waals surface area contributed by atoms with Crippen molar-refractivity contribution in [3.8, 4) is 22.5 Å². The maximum atomic E-state index is 13.4. The normalized spacial score (nSPS) is 14.2. The van der Waals surface area contributed by atoms with Crippen LogP contribution in [0.2, 0.25) is 0 Å². The molecule has 0 unspecified atom stereocenters. The Kier molecular flexibility index (Phi) is 3.60. The summed E-state index contributed by atoms with van der Waals surface area (Å²) in [4.78, 5) is 9.00. The number of halogens is 1. The van der Waals surface area contributed by atoms with Crippen LogP contribution < -0.4 is 0 Å². The van der Waals surface area contributed by atoms with Gasteiger partial charge in [-0.2, -0.15) is 5.10 Å². The van der Waals surface area contributed by atoms with E-state index in [1.165, 1.54) is 25.0 Å². The fourth-order valence-corrected chi connectivity index (χ4v) is 4.24. The molecule has 1 aliphatic rings. The SMILES string of the molecule is Cc1csc2c(-c3cn(CC4CC4)nc3-c3ccc(F)cc3)ncnc12. The Hall–Kier alpha value is -2.60. The molecule has 3 aromatic heterocycles. The Labute approximate surface area is 154 Å². The molecule has 0 radical (unpaired) electrons. The van der Waals surface area contributed by atoms with Gasteiger partial charge in [-0.05, 0) is 60.9 Å². The number of hydrogen-bond donors (Lipinski definition) is 0. The van der Waals surface area contributed by atoms with Crippen molar-refractivity contribution in [3.63, 3.8) is 0 Å². The van der Waals surface area contributed by atoms with Crippen LogP contribution in [0.4, 0.5) is 4.39 Å². The van der Waals surface area contributed by atoms with E-state index < -0.39 is 0 Å². The maximum Gasteiger partial charge on any atom is 0.123 e. The smallest absolute Gasteiger partial charge is 0.123 e. The van der Waals surface area contributed by atoms with Crippen molar-refractivity contribution in [1.29, 1.82) is 0 Å². The Morgan fingerprint density at radius 1 is 1.15 bits per heavy atom. The predicted octanol–water partition coefficient (Wildman–Crippen LogP) is 5.08. The summed E-state index contributed by atoms with van der Waals surface area (Å²) >= 11 is 1.66. The minimum atomic E-state index is -0.244. The fraction of sp³-hybridized carbons (Fsp3) is 0.250. The Bertz CT molecular complexity index is 1090. The Morgan fingerprint density at radius 2 is 1.96 bits per heavy atom. The molecule has 130 valence electrons. The molecule has 0 aliphatic heterocycles. The highest BCUT2D eigenvalue weighted by atomic mass is 32.1. The van der Waals surface area contributed by atoms with Crippen molar-refractivity contribution in [1.82, 2.24) is 19.7 Å². The Balaban J connectivity index is 1.70. The molecule has 5 rings (SSSR count). The number of thiophene rings is 1. The first-order valence-corrected chi connectivity index (χ1v) is 9.59. The molecule has 1 aliphatic carbocycles. The highest BCUT2D eigenvalue weighted by Crippen LogP contribution is 2.38. The van der Waals surface area contributed by atoms with Crippen molar-refractivity contribution >= 4 is 21.6 Å². The van der Waals surface area contributed by atoms with Gasteiger partial charge in [0.1, 0.15) is 17.8 Å². The molecule has 0 atom stereocenters. The number of benzene rings is 1. The number of nitrogens with zero attached hydrogens (tertiary/aromatic N) is 4. The quantitative estimate of drug-likeness (QED) is 0.507. The van der Waals surface area contributed by atoms with E-state index in [1.807, 2.05) is 4.68 Å². The summed E-state index contributed by atoms with van der Waals surface area (Å²) in [5.74, 6) is 0.476. The van der Waals surface area contributed by atoms with Crippen molar-refractivity contribution < 1.29 is 4.39 Å². The molecule has 0 spiro atoms. The highest BCUT2D eigenvalue weighted by molar-refractivity contribution is 7.17. The molecule has 0 amide bonds.